The van der Waals surface area contributed by atoms with Crippen LogP contribution in [0.3, 0.4) is 0 Å². The van der Waals surface area contributed by atoms with Crippen LogP contribution < -0.4 is 0 Å². The third-order valence-electron chi connectivity index (χ3n) is 4.82. The maximum absolute atomic E-state index is 10.7. The summed E-state index contributed by atoms with van der Waals surface area (Å²) in [5.41, 5.74) is 4.89. The van der Waals surface area contributed by atoms with Gasteiger partial charge in [0.25, 0.3) is 0 Å². The van der Waals surface area contributed by atoms with Crippen molar-refractivity contribution in [2.45, 2.75) is 31.3 Å². The number of hydroxylamine groups is 2. The van der Waals surface area contributed by atoms with Crippen molar-refractivity contribution in [1.29, 1.82) is 0 Å². The van der Waals surface area contributed by atoms with Gasteiger partial charge in [-0.15, -0.1) is 0 Å². The second kappa shape index (κ2) is 4.17. The maximum Gasteiger partial charge on any atom is 0.0731 e. The summed E-state index contributed by atoms with van der Waals surface area (Å²) >= 11 is 3.55. The number of halogens is 1. The van der Waals surface area contributed by atoms with Gasteiger partial charge in [-0.25, -0.2) is 0 Å². The molecule has 1 N–H and O–H groups in total. The molecule has 102 valence electrons. The standard InChI is InChI=1S/C17H16BrNO/c1-17-10-11-6-7-13(18)8-12(11)9-16(19(17)20)14-4-2-3-5-15(14)17/h2-8,16,20H,9-10H2,1H3. The first kappa shape index (κ1) is 12.6. The number of hydrogen-bond acceptors (Lipinski definition) is 2. The van der Waals surface area contributed by atoms with Gasteiger partial charge in [-0.3, -0.25) is 0 Å². The molecule has 2 atom stereocenters. The third kappa shape index (κ3) is 1.57. The second-order valence-corrected chi connectivity index (χ2v) is 6.93. The number of hydrogen-bond donors (Lipinski definition) is 1. The van der Waals surface area contributed by atoms with Gasteiger partial charge < -0.3 is 5.21 Å². The van der Waals surface area contributed by atoms with Crippen LogP contribution in [0.5, 0.6) is 0 Å². The molecule has 0 fully saturated rings. The summed E-state index contributed by atoms with van der Waals surface area (Å²) in [6.45, 7) is 2.14. The van der Waals surface area contributed by atoms with E-state index in [2.05, 4.69) is 65.3 Å². The summed E-state index contributed by atoms with van der Waals surface area (Å²) in [5, 5.41) is 12.3. The minimum absolute atomic E-state index is 0.0618. The van der Waals surface area contributed by atoms with Gasteiger partial charge in [-0.05, 0) is 54.2 Å². The molecule has 0 aromatic heterocycles. The Balaban J connectivity index is 1.93. The topological polar surface area (TPSA) is 23.5 Å². The second-order valence-electron chi connectivity index (χ2n) is 6.02. The van der Waals surface area contributed by atoms with E-state index in [9.17, 15) is 5.21 Å². The lowest BCUT2D eigenvalue weighted by atomic mass is 9.82. The molecule has 20 heavy (non-hydrogen) atoms. The molecule has 2 heterocycles. The van der Waals surface area contributed by atoms with E-state index in [1.165, 1.54) is 22.3 Å². The first-order valence-corrected chi connectivity index (χ1v) is 7.74. The maximum atomic E-state index is 10.7. The molecular weight excluding hydrogens is 314 g/mol. The van der Waals surface area contributed by atoms with E-state index in [0.717, 1.165) is 17.3 Å². The van der Waals surface area contributed by atoms with Crippen molar-refractivity contribution >= 4 is 15.9 Å². The molecule has 2 nitrogen and oxygen atoms in total. The van der Waals surface area contributed by atoms with Gasteiger partial charge in [0, 0.05) is 4.47 Å². The zero-order valence-corrected chi connectivity index (χ0v) is 12.9. The van der Waals surface area contributed by atoms with Crippen LogP contribution in [0.15, 0.2) is 46.9 Å². The lowest BCUT2D eigenvalue weighted by molar-refractivity contribution is -0.188. The summed E-state index contributed by atoms with van der Waals surface area (Å²) in [6.07, 6.45) is 1.71. The summed E-state index contributed by atoms with van der Waals surface area (Å²) in [5.74, 6) is 0. The van der Waals surface area contributed by atoms with E-state index in [0.29, 0.717) is 0 Å². The number of rotatable bonds is 0. The van der Waals surface area contributed by atoms with Crippen molar-refractivity contribution in [3.8, 4) is 0 Å². The molecule has 2 unspecified atom stereocenters. The van der Waals surface area contributed by atoms with Gasteiger partial charge in [-0.1, -0.05) is 46.3 Å². The Morgan fingerprint density at radius 3 is 2.85 bits per heavy atom. The fourth-order valence-corrected chi connectivity index (χ4v) is 4.19. The number of benzene rings is 2. The van der Waals surface area contributed by atoms with Crippen LogP contribution in [0, 0.1) is 0 Å². The normalized spacial score (nSPS) is 27.9. The molecule has 2 aromatic carbocycles. The molecule has 4 rings (SSSR count). The molecule has 0 amide bonds. The van der Waals surface area contributed by atoms with Crippen molar-refractivity contribution in [1.82, 2.24) is 5.06 Å². The SMILES string of the molecule is CC12Cc3ccc(Br)cc3CC(c3ccccc31)N2O. The van der Waals surface area contributed by atoms with Gasteiger partial charge in [0.05, 0.1) is 11.6 Å². The van der Waals surface area contributed by atoms with E-state index in [1.807, 2.05) is 0 Å². The molecule has 0 radical (unpaired) electrons. The lowest BCUT2D eigenvalue weighted by Crippen LogP contribution is -2.38. The molecular formula is C17H16BrNO. The zero-order valence-electron chi connectivity index (χ0n) is 11.3. The van der Waals surface area contributed by atoms with Crippen LogP contribution in [0.1, 0.15) is 35.2 Å². The molecule has 2 aliphatic rings. The molecule has 2 bridgehead atoms. The van der Waals surface area contributed by atoms with E-state index in [1.54, 1.807) is 5.06 Å². The molecule has 2 aliphatic heterocycles. The number of nitrogens with zero attached hydrogens (tertiary/aromatic N) is 1. The first-order valence-electron chi connectivity index (χ1n) is 6.94. The fraction of sp³-hybridized carbons (Fsp3) is 0.294. The van der Waals surface area contributed by atoms with Gasteiger partial charge in [-0.2, -0.15) is 5.06 Å². The van der Waals surface area contributed by atoms with Crippen molar-refractivity contribution in [2.75, 3.05) is 0 Å². The highest BCUT2D eigenvalue weighted by molar-refractivity contribution is 9.10. The minimum Gasteiger partial charge on any atom is -0.313 e. The smallest absolute Gasteiger partial charge is 0.0731 e. The van der Waals surface area contributed by atoms with Crippen molar-refractivity contribution in [3.05, 3.63) is 69.2 Å². The molecule has 0 spiro atoms. The Hall–Kier alpha value is -1.16. The Kier molecular flexibility index (Phi) is 2.62. The monoisotopic (exact) mass is 329 g/mol. The van der Waals surface area contributed by atoms with E-state index < -0.39 is 0 Å². The molecule has 0 aliphatic carbocycles. The fourth-order valence-electron chi connectivity index (χ4n) is 3.79. The highest BCUT2D eigenvalue weighted by Crippen LogP contribution is 2.50. The highest BCUT2D eigenvalue weighted by atomic mass is 79.9. The quantitative estimate of drug-likeness (QED) is 0.782. The minimum atomic E-state index is -0.319. The summed E-state index contributed by atoms with van der Waals surface area (Å²) < 4.78 is 1.11. The Labute approximate surface area is 127 Å². The van der Waals surface area contributed by atoms with Crippen LogP contribution in [-0.4, -0.2) is 10.3 Å². The van der Waals surface area contributed by atoms with Gasteiger partial charge in [0.1, 0.15) is 0 Å². The van der Waals surface area contributed by atoms with Crippen LogP contribution in [-0.2, 0) is 18.4 Å². The Morgan fingerprint density at radius 1 is 1.20 bits per heavy atom. The first-order chi connectivity index (χ1) is 9.59. The molecule has 2 aromatic rings. The summed E-state index contributed by atoms with van der Waals surface area (Å²) in [7, 11) is 0. The summed E-state index contributed by atoms with van der Waals surface area (Å²) in [6, 6.07) is 15.0. The molecule has 0 saturated heterocycles. The average Bonchev–Trinajstić information content (AvgIpc) is 2.57. The van der Waals surface area contributed by atoms with Gasteiger partial charge >= 0.3 is 0 Å². The van der Waals surface area contributed by atoms with Gasteiger partial charge in [0.2, 0.25) is 0 Å². The van der Waals surface area contributed by atoms with Crippen molar-refractivity contribution < 1.29 is 5.21 Å². The third-order valence-corrected chi connectivity index (χ3v) is 5.31. The molecule has 3 heteroatoms. The van der Waals surface area contributed by atoms with Crippen LogP contribution in [0.2, 0.25) is 0 Å². The summed E-state index contributed by atoms with van der Waals surface area (Å²) in [4.78, 5) is 0. The Morgan fingerprint density at radius 2 is 2.00 bits per heavy atom. The van der Waals surface area contributed by atoms with Crippen molar-refractivity contribution in [3.63, 3.8) is 0 Å². The van der Waals surface area contributed by atoms with Crippen LogP contribution in [0.4, 0.5) is 0 Å². The lowest BCUT2D eigenvalue weighted by Gasteiger charge is -2.32. The van der Waals surface area contributed by atoms with Crippen LogP contribution >= 0.6 is 15.9 Å². The molecule has 0 saturated carbocycles. The largest absolute Gasteiger partial charge is 0.313 e. The van der Waals surface area contributed by atoms with E-state index in [-0.39, 0.29) is 11.6 Å². The predicted molar refractivity (Wildman–Crippen MR) is 81.7 cm³/mol. The van der Waals surface area contributed by atoms with Gasteiger partial charge in [0.15, 0.2) is 0 Å². The predicted octanol–water partition coefficient (Wildman–Crippen LogP) is 4.21. The Bertz CT molecular complexity index is 699. The van der Waals surface area contributed by atoms with Crippen LogP contribution in [0.25, 0.3) is 0 Å². The zero-order chi connectivity index (χ0) is 13.9. The average molecular weight is 330 g/mol. The van der Waals surface area contributed by atoms with Crippen molar-refractivity contribution in [2.24, 2.45) is 0 Å². The highest BCUT2D eigenvalue weighted by Gasteiger charge is 2.48. The van der Waals surface area contributed by atoms with E-state index >= 15 is 0 Å². The van der Waals surface area contributed by atoms with E-state index in [4.69, 9.17) is 0 Å². The number of fused-ring (bicyclic) bond motifs is 6.